The molecule has 0 saturated carbocycles. The van der Waals surface area contributed by atoms with Gasteiger partial charge in [0.25, 0.3) is 11.8 Å². The Balaban J connectivity index is 1.67. The lowest BCUT2D eigenvalue weighted by Gasteiger charge is -2.32. The zero-order chi connectivity index (χ0) is 23.2. The average molecular weight is 451 g/mol. The van der Waals surface area contributed by atoms with Gasteiger partial charge in [0, 0.05) is 18.3 Å². The molecule has 0 fully saturated rings. The Bertz CT molecular complexity index is 1220. The molecule has 0 aliphatic carbocycles. The molecule has 4 rings (SSSR count). The van der Waals surface area contributed by atoms with Crippen LogP contribution < -0.4 is 10.2 Å². The molecule has 3 aromatic rings. The van der Waals surface area contributed by atoms with Gasteiger partial charge in [0.2, 0.25) is 0 Å². The van der Waals surface area contributed by atoms with Crippen LogP contribution in [0.3, 0.4) is 0 Å². The number of halogens is 5. The summed E-state index contributed by atoms with van der Waals surface area (Å²) in [6.07, 6.45) is -1.57. The highest BCUT2D eigenvalue weighted by Gasteiger charge is 2.37. The number of anilines is 2. The van der Waals surface area contributed by atoms with Crippen molar-refractivity contribution < 1.29 is 31.5 Å². The first-order chi connectivity index (χ1) is 15.1. The Hall–Kier alpha value is -3.83. The molecule has 7 nitrogen and oxygen atoms in total. The molecule has 0 spiro atoms. The fraction of sp³-hybridized carbons (Fsp3) is 0.200. The molecule has 3 heterocycles. The van der Waals surface area contributed by atoms with Crippen molar-refractivity contribution >= 4 is 23.2 Å². The second-order valence-corrected chi connectivity index (χ2v) is 7.12. The molecule has 1 aromatic carbocycles. The summed E-state index contributed by atoms with van der Waals surface area (Å²) in [6.45, 7) is 1.67. The van der Waals surface area contributed by atoms with Crippen molar-refractivity contribution in [3.8, 4) is 0 Å². The van der Waals surface area contributed by atoms with E-state index >= 15 is 0 Å². The molecule has 12 heteroatoms. The molecule has 0 bridgehead atoms. The van der Waals surface area contributed by atoms with E-state index in [9.17, 15) is 31.5 Å². The number of pyridine rings is 1. The Labute approximate surface area is 177 Å². The SMILES string of the molecule is CC1CN(c2ccc(C(F)(F)F)c(F)c2)C(=O)c2c(C(=O)Nc3cncc(F)c3)cnn21. The molecule has 1 aliphatic rings. The monoisotopic (exact) mass is 451 g/mol. The minimum Gasteiger partial charge on any atom is -0.320 e. The van der Waals surface area contributed by atoms with E-state index in [-0.39, 0.29) is 29.2 Å². The fourth-order valence-electron chi connectivity index (χ4n) is 3.43. The first kappa shape index (κ1) is 21.4. The van der Waals surface area contributed by atoms with Crippen molar-refractivity contribution in [1.82, 2.24) is 14.8 Å². The predicted octanol–water partition coefficient (Wildman–Crippen LogP) is 4.05. The lowest BCUT2D eigenvalue weighted by molar-refractivity contribution is -0.139. The van der Waals surface area contributed by atoms with Gasteiger partial charge in [-0.2, -0.15) is 18.3 Å². The first-order valence-electron chi connectivity index (χ1n) is 9.24. The van der Waals surface area contributed by atoms with E-state index in [1.807, 2.05) is 0 Å². The van der Waals surface area contributed by atoms with Gasteiger partial charge in [0.1, 0.15) is 17.3 Å². The topological polar surface area (TPSA) is 80.1 Å². The molecule has 1 atom stereocenters. The zero-order valence-corrected chi connectivity index (χ0v) is 16.3. The van der Waals surface area contributed by atoms with Crippen LogP contribution in [0.5, 0.6) is 0 Å². The third-order valence-corrected chi connectivity index (χ3v) is 4.88. The van der Waals surface area contributed by atoms with Crippen molar-refractivity contribution in [2.75, 3.05) is 16.8 Å². The summed E-state index contributed by atoms with van der Waals surface area (Å²) in [6, 6.07) is 2.73. The van der Waals surface area contributed by atoms with Gasteiger partial charge >= 0.3 is 6.18 Å². The summed E-state index contributed by atoms with van der Waals surface area (Å²) in [5, 5.41) is 6.46. The number of nitrogens with one attached hydrogen (secondary N) is 1. The van der Waals surface area contributed by atoms with E-state index in [4.69, 9.17) is 0 Å². The first-order valence-corrected chi connectivity index (χ1v) is 9.24. The molecule has 0 radical (unpaired) electrons. The smallest absolute Gasteiger partial charge is 0.320 e. The second-order valence-electron chi connectivity index (χ2n) is 7.12. The van der Waals surface area contributed by atoms with E-state index < -0.39 is 41.2 Å². The van der Waals surface area contributed by atoms with Crippen LogP contribution in [-0.2, 0) is 6.18 Å². The van der Waals surface area contributed by atoms with E-state index in [0.29, 0.717) is 12.1 Å². The van der Waals surface area contributed by atoms with E-state index in [0.717, 1.165) is 29.4 Å². The van der Waals surface area contributed by atoms with Crippen LogP contribution in [-0.4, -0.2) is 33.1 Å². The highest BCUT2D eigenvalue weighted by Crippen LogP contribution is 2.35. The standard InChI is InChI=1S/C20H14F5N5O2/c1-10-9-29(13-2-3-15(16(22)5-13)20(23,24)25)19(32)17-14(8-27-30(10)17)18(31)28-12-4-11(21)6-26-7-12/h2-8,10H,9H2,1H3,(H,28,31). The van der Waals surface area contributed by atoms with Crippen molar-refractivity contribution in [2.45, 2.75) is 19.1 Å². The van der Waals surface area contributed by atoms with Crippen LogP contribution >= 0.6 is 0 Å². The fourth-order valence-corrected chi connectivity index (χ4v) is 3.43. The minimum absolute atomic E-state index is 0.00675. The number of benzene rings is 1. The number of rotatable bonds is 3. The molecular formula is C20H14F5N5O2. The van der Waals surface area contributed by atoms with Crippen LogP contribution in [0.1, 0.15) is 39.4 Å². The Morgan fingerprint density at radius 3 is 2.56 bits per heavy atom. The van der Waals surface area contributed by atoms with E-state index in [2.05, 4.69) is 15.4 Å². The maximum absolute atomic E-state index is 14.1. The summed E-state index contributed by atoms with van der Waals surface area (Å²) in [4.78, 5) is 30.5. The number of carbonyl (C=O) groups is 2. The number of alkyl halides is 3. The van der Waals surface area contributed by atoms with Gasteiger partial charge in [-0.3, -0.25) is 19.3 Å². The van der Waals surface area contributed by atoms with Crippen molar-refractivity contribution in [3.05, 3.63) is 71.3 Å². The third-order valence-electron chi connectivity index (χ3n) is 4.88. The number of aromatic nitrogens is 3. The molecule has 0 saturated heterocycles. The lowest BCUT2D eigenvalue weighted by Crippen LogP contribution is -2.43. The van der Waals surface area contributed by atoms with E-state index in [1.54, 1.807) is 6.92 Å². The molecule has 2 amide bonds. The molecule has 1 aliphatic heterocycles. The van der Waals surface area contributed by atoms with Gasteiger partial charge in [-0.1, -0.05) is 0 Å². The van der Waals surface area contributed by atoms with Gasteiger partial charge in [-0.15, -0.1) is 0 Å². The average Bonchev–Trinajstić information content (AvgIpc) is 3.16. The highest BCUT2D eigenvalue weighted by molar-refractivity contribution is 6.15. The van der Waals surface area contributed by atoms with Gasteiger partial charge in [-0.05, 0) is 25.1 Å². The summed E-state index contributed by atoms with van der Waals surface area (Å²) < 4.78 is 67.3. The summed E-state index contributed by atoms with van der Waals surface area (Å²) in [5.74, 6) is -3.71. The van der Waals surface area contributed by atoms with Gasteiger partial charge in [0.15, 0.2) is 0 Å². The van der Waals surface area contributed by atoms with Crippen molar-refractivity contribution in [2.24, 2.45) is 0 Å². The Morgan fingerprint density at radius 2 is 1.91 bits per heavy atom. The van der Waals surface area contributed by atoms with Gasteiger partial charge in [0.05, 0.1) is 41.4 Å². The minimum atomic E-state index is -4.88. The molecule has 1 N–H and O–H groups in total. The van der Waals surface area contributed by atoms with Crippen molar-refractivity contribution in [1.29, 1.82) is 0 Å². The van der Waals surface area contributed by atoms with E-state index in [1.165, 1.54) is 10.9 Å². The Morgan fingerprint density at radius 1 is 1.16 bits per heavy atom. The van der Waals surface area contributed by atoms with Crippen LogP contribution in [0.25, 0.3) is 0 Å². The van der Waals surface area contributed by atoms with Crippen LogP contribution in [0.4, 0.5) is 33.3 Å². The van der Waals surface area contributed by atoms with Gasteiger partial charge < -0.3 is 10.2 Å². The highest BCUT2D eigenvalue weighted by atomic mass is 19.4. The molecule has 166 valence electrons. The summed E-state index contributed by atoms with van der Waals surface area (Å²) >= 11 is 0. The van der Waals surface area contributed by atoms with Gasteiger partial charge in [-0.25, -0.2) is 8.78 Å². The second kappa shape index (κ2) is 7.70. The van der Waals surface area contributed by atoms with Crippen LogP contribution in [0, 0.1) is 11.6 Å². The lowest BCUT2D eigenvalue weighted by atomic mass is 10.1. The van der Waals surface area contributed by atoms with Crippen LogP contribution in [0.15, 0.2) is 42.9 Å². The molecular weight excluding hydrogens is 437 g/mol. The number of carbonyl (C=O) groups excluding carboxylic acids is 2. The number of fused-ring (bicyclic) bond motifs is 1. The summed E-state index contributed by atoms with van der Waals surface area (Å²) in [5.41, 5.74) is -1.77. The molecule has 2 aromatic heterocycles. The predicted molar refractivity (Wildman–Crippen MR) is 102 cm³/mol. The molecule has 32 heavy (non-hydrogen) atoms. The Kier molecular flexibility index (Phi) is 5.15. The third kappa shape index (κ3) is 3.79. The number of nitrogens with zero attached hydrogens (tertiary/aromatic N) is 4. The normalized spacial score (nSPS) is 16.1. The maximum atomic E-state index is 14.1. The zero-order valence-electron chi connectivity index (χ0n) is 16.3. The maximum Gasteiger partial charge on any atom is 0.419 e. The molecule has 1 unspecified atom stereocenters. The number of amides is 2. The van der Waals surface area contributed by atoms with Crippen molar-refractivity contribution in [3.63, 3.8) is 0 Å². The summed E-state index contributed by atoms with van der Waals surface area (Å²) in [7, 11) is 0. The van der Waals surface area contributed by atoms with Crippen LogP contribution in [0.2, 0.25) is 0 Å². The number of hydrogen-bond donors (Lipinski definition) is 1. The number of hydrogen-bond acceptors (Lipinski definition) is 4. The largest absolute Gasteiger partial charge is 0.419 e. The quantitative estimate of drug-likeness (QED) is 0.610.